The van der Waals surface area contributed by atoms with Crippen molar-refractivity contribution in [3.05, 3.63) is 30.4 Å². The van der Waals surface area contributed by atoms with E-state index >= 15 is 0 Å². The van der Waals surface area contributed by atoms with Crippen molar-refractivity contribution in [1.82, 2.24) is 20.0 Å². The topological polar surface area (TPSA) is 106 Å². The molecule has 1 aliphatic heterocycles. The van der Waals surface area contributed by atoms with Crippen LogP contribution in [0.15, 0.2) is 29.0 Å². The number of pyridine rings is 1. The molecule has 2 aromatic rings. The second kappa shape index (κ2) is 6.25. The average molecular weight is 357 g/mol. The Bertz CT molecular complexity index is 808. The van der Waals surface area contributed by atoms with Gasteiger partial charge < -0.3 is 9.42 Å². The molecule has 3 heterocycles. The van der Waals surface area contributed by atoms with Crippen molar-refractivity contribution >= 4 is 25.6 Å². The lowest BCUT2D eigenvalue weighted by Crippen LogP contribution is -2.25. The lowest BCUT2D eigenvalue weighted by atomic mass is 10.1. The molecule has 1 amide bonds. The van der Waals surface area contributed by atoms with Crippen molar-refractivity contribution in [2.24, 2.45) is 5.92 Å². The summed E-state index contributed by atoms with van der Waals surface area (Å²) in [5, 5.41) is 3.85. The van der Waals surface area contributed by atoms with Gasteiger partial charge in [-0.25, -0.2) is 8.42 Å². The number of carbonyl (C=O) groups is 1. The van der Waals surface area contributed by atoms with Gasteiger partial charge in [0.2, 0.25) is 26.7 Å². The predicted molar refractivity (Wildman–Crippen MR) is 80.7 cm³/mol. The second-order valence-electron chi connectivity index (χ2n) is 5.30. The summed E-state index contributed by atoms with van der Waals surface area (Å²) in [6.45, 7) is 0.445. The van der Waals surface area contributed by atoms with Gasteiger partial charge >= 0.3 is 0 Å². The van der Waals surface area contributed by atoms with Crippen LogP contribution in [0.25, 0.3) is 11.4 Å². The molecule has 23 heavy (non-hydrogen) atoms. The molecule has 0 radical (unpaired) electrons. The van der Waals surface area contributed by atoms with Gasteiger partial charge in [0.25, 0.3) is 0 Å². The monoisotopic (exact) mass is 356 g/mol. The molecular weight excluding hydrogens is 344 g/mol. The average Bonchev–Trinajstić information content (AvgIpc) is 3.06. The summed E-state index contributed by atoms with van der Waals surface area (Å²) in [6.07, 6.45) is 3.39. The number of amides is 1. The molecule has 0 saturated carbocycles. The quantitative estimate of drug-likeness (QED) is 0.737. The Morgan fingerprint density at radius 3 is 2.96 bits per heavy atom. The molecule has 3 rings (SSSR count). The van der Waals surface area contributed by atoms with Crippen molar-refractivity contribution in [3.8, 4) is 11.4 Å². The van der Waals surface area contributed by atoms with Gasteiger partial charge in [0.05, 0.1) is 12.3 Å². The van der Waals surface area contributed by atoms with Gasteiger partial charge in [0.1, 0.15) is 0 Å². The fraction of sp³-hybridized carbons (Fsp3) is 0.385. The maximum absolute atomic E-state index is 11.9. The Morgan fingerprint density at radius 2 is 2.26 bits per heavy atom. The molecule has 1 fully saturated rings. The number of hydrogen-bond donors (Lipinski definition) is 0. The highest BCUT2D eigenvalue weighted by Gasteiger charge is 2.33. The fourth-order valence-electron chi connectivity index (χ4n) is 2.49. The molecule has 1 aliphatic rings. The van der Waals surface area contributed by atoms with Crippen molar-refractivity contribution in [1.29, 1.82) is 0 Å². The van der Waals surface area contributed by atoms with Crippen molar-refractivity contribution < 1.29 is 17.7 Å². The molecule has 122 valence electrons. The van der Waals surface area contributed by atoms with E-state index < -0.39 is 9.05 Å². The predicted octanol–water partition coefficient (Wildman–Crippen LogP) is 1.05. The second-order valence-corrected chi connectivity index (χ2v) is 8.12. The molecule has 1 atom stereocenters. The molecule has 1 unspecified atom stereocenters. The first-order valence-corrected chi connectivity index (χ1v) is 9.31. The summed E-state index contributed by atoms with van der Waals surface area (Å²) < 4.78 is 27.4. The lowest BCUT2D eigenvalue weighted by Gasteiger charge is -2.13. The normalized spacial score (nSPS) is 18.6. The van der Waals surface area contributed by atoms with Crippen LogP contribution < -0.4 is 0 Å². The van der Waals surface area contributed by atoms with Crippen LogP contribution >= 0.6 is 10.7 Å². The molecule has 2 aromatic heterocycles. The van der Waals surface area contributed by atoms with Crippen molar-refractivity contribution in [2.45, 2.75) is 13.0 Å². The smallest absolute Gasteiger partial charge is 0.246 e. The highest BCUT2D eigenvalue weighted by Crippen LogP contribution is 2.23. The van der Waals surface area contributed by atoms with E-state index in [0.717, 1.165) is 0 Å². The molecule has 0 aromatic carbocycles. The molecule has 0 spiro atoms. The Hall–Kier alpha value is -2.00. The van der Waals surface area contributed by atoms with Crippen LogP contribution in [0.1, 0.15) is 12.3 Å². The first-order valence-electron chi connectivity index (χ1n) is 6.84. The maximum atomic E-state index is 11.9. The van der Waals surface area contributed by atoms with E-state index in [1.54, 1.807) is 24.5 Å². The Morgan fingerprint density at radius 1 is 1.43 bits per heavy atom. The summed E-state index contributed by atoms with van der Waals surface area (Å²) in [7, 11) is 1.61. The van der Waals surface area contributed by atoms with Gasteiger partial charge in [-0.2, -0.15) is 4.98 Å². The number of hydrogen-bond acceptors (Lipinski definition) is 7. The minimum Gasteiger partial charge on any atom is -0.337 e. The van der Waals surface area contributed by atoms with E-state index in [-0.39, 0.29) is 36.4 Å². The molecule has 0 aliphatic carbocycles. The minimum atomic E-state index is -3.62. The Balaban J connectivity index is 1.66. The van der Waals surface area contributed by atoms with Gasteiger partial charge in [-0.1, -0.05) is 5.16 Å². The van der Waals surface area contributed by atoms with Crippen LogP contribution in [-0.4, -0.2) is 46.6 Å². The third kappa shape index (κ3) is 4.05. The summed E-state index contributed by atoms with van der Waals surface area (Å²) >= 11 is 0. The van der Waals surface area contributed by atoms with E-state index in [0.29, 0.717) is 17.9 Å². The van der Waals surface area contributed by atoms with E-state index in [1.807, 2.05) is 0 Å². The van der Waals surface area contributed by atoms with E-state index in [4.69, 9.17) is 15.2 Å². The van der Waals surface area contributed by atoms with Crippen LogP contribution in [0.5, 0.6) is 0 Å². The van der Waals surface area contributed by atoms with Crippen LogP contribution in [-0.2, 0) is 20.4 Å². The van der Waals surface area contributed by atoms with E-state index in [1.165, 1.54) is 4.90 Å². The van der Waals surface area contributed by atoms with Crippen LogP contribution in [0.3, 0.4) is 0 Å². The van der Waals surface area contributed by atoms with Gasteiger partial charge in [0.15, 0.2) is 0 Å². The standard InChI is InChI=1S/C13H13ClN4O4S/c14-23(20,21)8-9-4-12(19)18(6-9)7-11-16-13(17-22-11)10-2-1-3-15-5-10/h1-3,5,9H,4,6-8H2. The van der Waals surface area contributed by atoms with Gasteiger partial charge in [-0.05, 0) is 12.1 Å². The van der Waals surface area contributed by atoms with Gasteiger partial charge in [0, 0.05) is 47.5 Å². The zero-order valence-corrected chi connectivity index (χ0v) is 13.5. The van der Waals surface area contributed by atoms with Crippen molar-refractivity contribution in [3.63, 3.8) is 0 Å². The number of nitrogens with zero attached hydrogens (tertiary/aromatic N) is 4. The SMILES string of the molecule is O=C1CC(CS(=O)(=O)Cl)CN1Cc1nc(-c2cccnc2)no1. The lowest BCUT2D eigenvalue weighted by molar-refractivity contribution is -0.128. The first-order chi connectivity index (χ1) is 10.9. The Labute approximate surface area is 136 Å². The molecule has 0 N–H and O–H groups in total. The Kier molecular flexibility index (Phi) is 4.31. The minimum absolute atomic E-state index is 0.144. The third-order valence-corrected chi connectivity index (χ3v) is 4.69. The summed E-state index contributed by atoms with van der Waals surface area (Å²) in [4.78, 5) is 21.6. The number of carbonyl (C=O) groups excluding carboxylic acids is 1. The highest BCUT2D eigenvalue weighted by atomic mass is 35.7. The molecule has 1 saturated heterocycles. The zero-order chi connectivity index (χ0) is 16.4. The summed E-state index contributed by atoms with van der Waals surface area (Å²) in [5.74, 6) is -0.0185. The van der Waals surface area contributed by atoms with Crippen LogP contribution in [0.2, 0.25) is 0 Å². The largest absolute Gasteiger partial charge is 0.337 e. The van der Waals surface area contributed by atoms with E-state index in [2.05, 4.69) is 15.1 Å². The zero-order valence-electron chi connectivity index (χ0n) is 11.9. The number of likely N-dealkylation sites (tertiary alicyclic amines) is 1. The summed E-state index contributed by atoms with van der Waals surface area (Å²) in [6, 6.07) is 3.55. The third-order valence-electron chi connectivity index (χ3n) is 3.44. The highest BCUT2D eigenvalue weighted by molar-refractivity contribution is 8.13. The number of aromatic nitrogens is 3. The maximum Gasteiger partial charge on any atom is 0.246 e. The fourth-order valence-corrected chi connectivity index (χ4v) is 3.82. The van der Waals surface area contributed by atoms with Crippen LogP contribution in [0, 0.1) is 5.92 Å². The van der Waals surface area contributed by atoms with Crippen LogP contribution in [0.4, 0.5) is 0 Å². The number of rotatable bonds is 5. The molecule has 8 nitrogen and oxygen atoms in total. The van der Waals surface area contributed by atoms with Gasteiger partial charge in [-0.15, -0.1) is 0 Å². The van der Waals surface area contributed by atoms with Gasteiger partial charge in [-0.3, -0.25) is 9.78 Å². The van der Waals surface area contributed by atoms with Crippen molar-refractivity contribution in [2.75, 3.05) is 12.3 Å². The molecular formula is C13H13ClN4O4S. The summed E-state index contributed by atoms with van der Waals surface area (Å²) in [5.41, 5.74) is 0.710. The van der Waals surface area contributed by atoms with E-state index in [9.17, 15) is 13.2 Å². The molecule has 0 bridgehead atoms. The first kappa shape index (κ1) is 15.9. The molecule has 10 heteroatoms. The number of halogens is 1.